The summed E-state index contributed by atoms with van der Waals surface area (Å²) < 4.78 is 5.58. The Labute approximate surface area is 144 Å². The second-order valence-corrected chi connectivity index (χ2v) is 6.96. The largest absolute Gasteiger partial charge is 0.452 e. The third kappa shape index (κ3) is 6.81. The molecule has 126 valence electrons. The van der Waals surface area contributed by atoms with E-state index in [9.17, 15) is 14.4 Å². The maximum absolute atomic E-state index is 11.9. The maximum Gasteiger partial charge on any atom is 0.339 e. The van der Waals surface area contributed by atoms with Crippen molar-refractivity contribution in [3.8, 4) is 0 Å². The molecule has 1 N–H and O–H groups in total. The molecule has 0 atom stereocenters. The molecule has 0 saturated carbocycles. The lowest BCUT2D eigenvalue weighted by Gasteiger charge is -2.23. The predicted molar refractivity (Wildman–Crippen MR) is 90.0 cm³/mol. The first-order valence-corrected chi connectivity index (χ1v) is 7.86. The molecule has 0 spiro atoms. The second-order valence-electron chi connectivity index (χ2n) is 6.10. The van der Waals surface area contributed by atoms with Crippen molar-refractivity contribution in [2.75, 3.05) is 20.2 Å². The molecule has 0 heterocycles. The first-order chi connectivity index (χ1) is 10.6. The van der Waals surface area contributed by atoms with Crippen molar-refractivity contribution < 1.29 is 19.1 Å². The van der Waals surface area contributed by atoms with E-state index in [1.165, 1.54) is 11.9 Å². The number of nitrogens with zero attached hydrogens (tertiary/aromatic N) is 1. The predicted octanol–water partition coefficient (Wildman–Crippen LogP) is 1.98. The fraction of sp³-hybridized carbons (Fsp3) is 0.438. The van der Waals surface area contributed by atoms with E-state index in [1.54, 1.807) is 24.3 Å². The Morgan fingerprint density at radius 3 is 2.39 bits per heavy atom. The van der Waals surface area contributed by atoms with E-state index in [0.29, 0.717) is 10.0 Å². The zero-order valence-electron chi connectivity index (χ0n) is 13.7. The number of halogens is 1. The van der Waals surface area contributed by atoms with Gasteiger partial charge in [0, 0.05) is 17.1 Å². The van der Waals surface area contributed by atoms with Crippen LogP contribution in [0.15, 0.2) is 28.7 Å². The van der Waals surface area contributed by atoms with Crippen molar-refractivity contribution >= 4 is 33.7 Å². The first-order valence-electron chi connectivity index (χ1n) is 7.07. The summed E-state index contributed by atoms with van der Waals surface area (Å²) in [5.74, 6) is -1.32. The van der Waals surface area contributed by atoms with Gasteiger partial charge in [0.25, 0.3) is 5.91 Å². The lowest BCUT2D eigenvalue weighted by Crippen LogP contribution is -2.46. The van der Waals surface area contributed by atoms with Gasteiger partial charge in [0.15, 0.2) is 6.61 Å². The van der Waals surface area contributed by atoms with Crippen LogP contribution in [0.5, 0.6) is 0 Å². The average Bonchev–Trinajstić information content (AvgIpc) is 2.42. The van der Waals surface area contributed by atoms with Crippen molar-refractivity contribution in [3.05, 3.63) is 34.3 Å². The van der Waals surface area contributed by atoms with Gasteiger partial charge in [-0.3, -0.25) is 9.59 Å². The number of rotatable bonds is 5. The molecule has 0 unspecified atom stereocenters. The number of carbonyl (C=O) groups is 3. The highest BCUT2D eigenvalue weighted by Gasteiger charge is 2.19. The number of benzene rings is 1. The standard InChI is InChI=1S/C16H21BrN2O4/c1-16(2,3)18-13(20)9-19(4)14(21)10-23-15(22)11-7-5-6-8-12(11)17/h5-8H,9-10H2,1-4H3,(H,18,20). The molecule has 23 heavy (non-hydrogen) atoms. The highest BCUT2D eigenvalue weighted by molar-refractivity contribution is 9.10. The fourth-order valence-corrected chi connectivity index (χ4v) is 2.15. The number of hydrogen-bond acceptors (Lipinski definition) is 4. The molecule has 1 aromatic rings. The molecule has 7 heteroatoms. The summed E-state index contributed by atoms with van der Waals surface area (Å²) in [7, 11) is 1.48. The molecular formula is C16H21BrN2O4. The molecule has 0 saturated heterocycles. The molecule has 0 bridgehead atoms. The summed E-state index contributed by atoms with van der Waals surface area (Å²) in [6, 6.07) is 6.78. The number of likely N-dealkylation sites (N-methyl/N-ethyl adjacent to an activating group) is 1. The minimum atomic E-state index is -0.599. The van der Waals surface area contributed by atoms with E-state index in [-0.39, 0.29) is 18.0 Å². The summed E-state index contributed by atoms with van der Waals surface area (Å²) in [4.78, 5) is 36.8. The van der Waals surface area contributed by atoms with Gasteiger partial charge in [-0.15, -0.1) is 0 Å². The van der Waals surface area contributed by atoms with Crippen molar-refractivity contribution in [1.29, 1.82) is 0 Å². The summed E-state index contributed by atoms with van der Waals surface area (Å²) in [5.41, 5.74) is -0.0269. The fourth-order valence-electron chi connectivity index (χ4n) is 1.70. The van der Waals surface area contributed by atoms with Crippen LogP contribution in [0.1, 0.15) is 31.1 Å². The first kappa shape index (κ1) is 19.2. The number of amides is 2. The molecule has 0 aromatic heterocycles. The van der Waals surface area contributed by atoms with Crippen LogP contribution >= 0.6 is 15.9 Å². The van der Waals surface area contributed by atoms with Crippen LogP contribution in [-0.2, 0) is 14.3 Å². The molecule has 1 rings (SSSR count). The van der Waals surface area contributed by atoms with E-state index in [0.717, 1.165) is 0 Å². The summed E-state index contributed by atoms with van der Waals surface area (Å²) in [6.45, 7) is 5.05. The number of ether oxygens (including phenoxy) is 1. The smallest absolute Gasteiger partial charge is 0.339 e. The Morgan fingerprint density at radius 2 is 1.83 bits per heavy atom. The third-order valence-corrected chi connectivity index (χ3v) is 3.43. The Kier molecular flexibility index (Phi) is 6.75. The normalized spacial score (nSPS) is 10.8. The zero-order chi connectivity index (χ0) is 17.6. The molecule has 6 nitrogen and oxygen atoms in total. The van der Waals surface area contributed by atoms with Gasteiger partial charge in [-0.25, -0.2) is 4.79 Å². The maximum atomic E-state index is 11.9. The molecular weight excluding hydrogens is 364 g/mol. The molecule has 0 radical (unpaired) electrons. The van der Waals surface area contributed by atoms with Crippen LogP contribution in [-0.4, -0.2) is 48.4 Å². The molecule has 0 aliphatic carbocycles. The van der Waals surface area contributed by atoms with Crippen molar-refractivity contribution in [1.82, 2.24) is 10.2 Å². The minimum Gasteiger partial charge on any atom is -0.452 e. The lowest BCUT2D eigenvalue weighted by atomic mass is 10.1. The monoisotopic (exact) mass is 384 g/mol. The van der Waals surface area contributed by atoms with Gasteiger partial charge in [0.05, 0.1) is 12.1 Å². The molecule has 0 aliphatic heterocycles. The zero-order valence-corrected chi connectivity index (χ0v) is 15.3. The highest BCUT2D eigenvalue weighted by atomic mass is 79.9. The van der Waals surface area contributed by atoms with Gasteiger partial charge in [0.2, 0.25) is 5.91 Å². The van der Waals surface area contributed by atoms with Gasteiger partial charge < -0.3 is 15.0 Å². The van der Waals surface area contributed by atoms with Crippen LogP contribution in [0.3, 0.4) is 0 Å². The van der Waals surface area contributed by atoms with E-state index in [4.69, 9.17) is 4.74 Å². The second kappa shape index (κ2) is 8.10. The quantitative estimate of drug-likeness (QED) is 0.787. The topological polar surface area (TPSA) is 75.7 Å². The van der Waals surface area contributed by atoms with Gasteiger partial charge in [0.1, 0.15) is 0 Å². The summed E-state index contributed by atoms with van der Waals surface area (Å²) in [5, 5.41) is 2.76. The number of nitrogens with one attached hydrogen (secondary N) is 1. The van der Waals surface area contributed by atoms with Crippen LogP contribution in [0.4, 0.5) is 0 Å². The Balaban J connectivity index is 2.48. The Bertz CT molecular complexity index is 596. The minimum absolute atomic E-state index is 0.0946. The summed E-state index contributed by atoms with van der Waals surface area (Å²) >= 11 is 3.24. The van der Waals surface area contributed by atoms with Crippen LogP contribution in [0.2, 0.25) is 0 Å². The Hall–Kier alpha value is -1.89. The van der Waals surface area contributed by atoms with E-state index < -0.39 is 18.5 Å². The number of hydrogen-bond donors (Lipinski definition) is 1. The van der Waals surface area contributed by atoms with Gasteiger partial charge >= 0.3 is 5.97 Å². The van der Waals surface area contributed by atoms with Crippen LogP contribution in [0, 0.1) is 0 Å². The van der Waals surface area contributed by atoms with E-state index in [2.05, 4.69) is 21.2 Å². The van der Waals surface area contributed by atoms with E-state index in [1.807, 2.05) is 20.8 Å². The highest BCUT2D eigenvalue weighted by Crippen LogP contribution is 2.16. The average molecular weight is 385 g/mol. The van der Waals surface area contributed by atoms with Crippen molar-refractivity contribution in [2.45, 2.75) is 26.3 Å². The third-order valence-electron chi connectivity index (χ3n) is 2.74. The molecule has 0 aliphatic rings. The van der Waals surface area contributed by atoms with Gasteiger partial charge in [-0.05, 0) is 48.8 Å². The van der Waals surface area contributed by atoms with Crippen molar-refractivity contribution in [3.63, 3.8) is 0 Å². The van der Waals surface area contributed by atoms with Gasteiger partial charge in [-0.1, -0.05) is 12.1 Å². The van der Waals surface area contributed by atoms with Crippen LogP contribution in [0.25, 0.3) is 0 Å². The lowest BCUT2D eigenvalue weighted by molar-refractivity contribution is -0.137. The van der Waals surface area contributed by atoms with Crippen LogP contribution < -0.4 is 5.32 Å². The van der Waals surface area contributed by atoms with E-state index >= 15 is 0 Å². The van der Waals surface area contributed by atoms with Gasteiger partial charge in [-0.2, -0.15) is 0 Å². The molecule has 1 aromatic carbocycles. The molecule has 2 amide bonds. The van der Waals surface area contributed by atoms with Crippen molar-refractivity contribution in [2.24, 2.45) is 0 Å². The SMILES string of the molecule is CN(CC(=O)NC(C)(C)C)C(=O)COC(=O)c1ccccc1Br. The number of carbonyl (C=O) groups excluding carboxylic acids is 3. The molecule has 0 fully saturated rings. The number of esters is 1. The summed E-state index contributed by atoms with van der Waals surface area (Å²) in [6.07, 6.45) is 0. The Morgan fingerprint density at radius 1 is 1.22 bits per heavy atom.